The minimum atomic E-state index is -0.661. The normalized spacial score (nSPS) is 18.1. The van der Waals surface area contributed by atoms with Crippen molar-refractivity contribution in [3.63, 3.8) is 0 Å². The summed E-state index contributed by atoms with van der Waals surface area (Å²) in [6, 6.07) is 8.10. The van der Waals surface area contributed by atoms with Gasteiger partial charge in [0.25, 0.3) is 5.91 Å². The largest absolute Gasteiger partial charge is 0.444 e. The Morgan fingerprint density at radius 1 is 1.21 bits per heavy atom. The molecule has 1 aromatic carbocycles. The average molecular weight is 450 g/mol. The predicted molar refractivity (Wildman–Crippen MR) is 119 cm³/mol. The van der Waals surface area contributed by atoms with E-state index in [-0.39, 0.29) is 30.3 Å². The maximum absolute atomic E-state index is 12.9. The van der Waals surface area contributed by atoms with E-state index in [1.54, 1.807) is 36.5 Å². The number of nitrogens with one attached hydrogen (secondary N) is 2. The molecule has 1 aromatic heterocycles. The number of carbonyl (C=O) groups excluding carboxylic acids is 4. The fourth-order valence-corrected chi connectivity index (χ4v) is 3.91. The first-order valence-corrected chi connectivity index (χ1v) is 10.8. The summed E-state index contributed by atoms with van der Waals surface area (Å²) in [4.78, 5) is 54.5. The zero-order chi connectivity index (χ0) is 23.8. The molecule has 0 saturated carbocycles. The number of carbonyl (C=O) groups is 4. The van der Waals surface area contributed by atoms with Crippen LogP contribution in [0.4, 0.5) is 10.5 Å². The molecule has 0 bridgehead atoms. The highest BCUT2D eigenvalue weighted by molar-refractivity contribution is 6.05. The van der Waals surface area contributed by atoms with Crippen LogP contribution in [-0.2, 0) is 32.9 Å². The van der Waals surface area contributed by atoms with E-state index in [4.69, 9.17) is 4.74 Å². The van der Waals surface area contributed by atoms with Crippen LogP contribution in [0.3, 0.4) is 0 Å². The standard InChI is InChI=1S/C24H26N4O5/c1-24(2,3)19-11-16(8-9-25-19)26-23(32)33-13-14-4-5-15-12-28(22(31)17(15)10-14)18-6-7-20(29)27-21(18)30/h4-5,8-11,18H,6-7,12-13H2,1-3H3,(H,25,26,32)(H,27,29,30). The number of amides is 4. The maximum Gasteiger partial charge on any atom is 0.411 e. The Balaban J connectivity index is 1.38. The highest BCUT2D eigenvalue weighted by atomic mass is 16.5. The maximum atomic E-state index is 12.9. The first kappa shape index (κ1) is 22.4. The van der Waals surface area contributed by atoms with Crippen molar-refractivity contribution in [1.82, 2.24) is 15.2 Å². The number of anilines is 1. The van der Waals surface area contributed by atoms with Crippen LogP contribution >= 0.6 is 0 Å². The second-order valence-electron chi connectivity index (χ2n) is 9.27. The number of fused-ring (bicyclic) bond motifs is 1. The molecular weight excluding hydrogens is 424 g/mol. The first-order valence-electron chi connectivity index (χ1n) is 10.8. The van der Waals surface area contributed by atoms with Crippen LogP contribution in [-0.4, -0.2) is 39.7 Å². The van der Waals surface area contributed by atoms with E-state index in [1.165, 1.54) is 4.90 Å². The monoisotopic (exact) mass is 450 g/mol. The molecule has 0 spiro atoms. The lowest BCUT2D eigenvalue weighted by atomic mass is 9.91. The lowest BCUT2D eigenvalue weighted by Crippen LogP contribution is -2.52. The number of hydrogen-bond donors (Lipinski definition) is 2. The van der Waals surface area contributed by atoms with Gasteiger partial charge in [-0.3, -0.25) is 30.0 Å². The molecule has 0 aliphatic carbocycles. The van der Waals surface area contributed by atoms with Crippen molar-refractivity contribution in [2.45, 2.75) is 58.2 Å². The van der Waals surface area contributed by atoms with E-state index < -0.39 is 18.0 Å². The summed E-state index contributed by atoms with van der Waals surface area (Å²) in [6.45, 7) is 6.40. The van der Waals surface area contributed by atoms with Gasteiger partial charge in [-0.05, 0) is 35.7 Å². The van der Waals surface area contributed by atoms with Gasteiger partial charge in [-0.25, -0.2) is 4.79 Å². The van der Waals surface area contributed by atoms with Gasteiger partial charge in [0.15, 0.2) is 0 Å². The number of ether oxygens (including phenoxy) is 1. The third-order valence-electron chi connectivity index (χ3n) is 5.74. The number of benzene rings is 1. The summed E-state index contributed by atoms with van der Waals surface area (Å²) in [7, 11) is 0. The van der Waals surface area contributed by atoms with E-state index in [1.807, 2.05) is 20.8 Å². The van der Waals surface area contributed by atoms with E-state index in [2.05, 4.69) is 15.6 Å². The minimum absolute atomic E-state index is 0.0119. The fourth-order valence-electron chi connectivity index (χ4n) is 3.91. The van der Waals surface area contributed by atoms with E-state index in [0.29, 0.717) is 29.8 Å². The van der Waals surface area contributed by atoms with Gasteiger partial charge >= 0.3 is 6.09 Å². The summed E-state index contributed by atoms with van der Waals surface area (Å²) < 4.78 is 5.33. The van der Waals surface area contributed by atoms with Gasteiger partial charge in [0.2, 0.25) is 11.8 Å². The van der Waals surface area contributed by atoms with Crippen molar-refractivity contribution in [3.05, 3.63) is 58.9 Å². The Labute approximate surface area is 191 Å². The quantitative estimate of drug-likeness (QED) is 0.692. The molecule has 1 saturated heterocycles. The molecule has 2 aromatic rings. The molecule has 1 atom stereocenters. The SMILES string of the molecule is CC(C)(C)c1cc(NC(=O)OCc2ccc3c(c2)C(=O)N(C2CCC(=O)NC2=O)C3)ccn1. The lowest BCUT2D eigenvalue weighted by molar-refractivity contribution is -0.136. The Hall–Kier alpha value is -3.75. The molecule has 9 nitrogen and oxygen atoms in total. The third-order valence-corrected chi connectivity index (χ3v) is 5.74. The molecule has 9 heteroatoms. The second-order valence-corrected chi connectivity index (χ2v) is 9.27. The van der Waals surface area contributed by atoms with Gasteiger partial charge in [0.05, 0.1) is 0 Å². The highest BCUT2D eigenvalue weighted by Crippen LogP contribution is 2.28. The molecule has 4 rings (SSSR count). The predicted octanol–water partition coefficient (Wildman–Crippen LogP) is 2.89. The zero-order valence-electron chi connectivity index (χ0n) is 18.8. The summed E-state index contributed by atoms with van der Waals surface area (Å²) >= 11 is 0. The number of pyridine rings is 1. The number of piperidine rings is 1. The summed E-state index contributed by atoms with van der Waals surface area (Å²) in [6.07, 6.45) is 1.54. The van der Waals surface area contributed by atoms with Crippen LogP contribution < -0.4 is 10.6 Å². The van der Waals surface area contributed by atoms with Crippen LogP contribution in [0.25, 0.3) is 0 Å². The van der Waals surface area contributed by atoms with Crippen molar-refractivity contribution in [3.8, 4) is 0 Å². The van der Waals surface area contributed by atoms with Crippen molar-refractivity contribution < 1.29 is 23.9 Å². The van der Waals surface area contributed by atoms with E-state index in [0.717, 1.165) is 11.3 Å². The molecule has 172 valence electrons. The molecule has 2 aliphatic rings. The summed E-state index contributed by atoms with van der Waals surface area (Å²) in [5.41, 5.74) is 3.21. The Bertz CT molecular complexity index is 1140. The molecule has 3 heterocycles. The third kappa shape index (κ3) is 4.87. The number of rotatable bonds is 4. The number of imide groups is 1. The number of aromatic nitrogens is 1. The molecule has 33 heavy (non-hydrogen) atoms. The summed E-state index contributed by atoms with van der Waals surface area (Å²) in [5.74, 6) is -1.03. The van der Waals surface area contributed by atoms with Crippen LogP contribution in [0.15, 0.2) is 36.5 Å². The average Bonchev–Trinajstić information content (AvgIpc) is 3.08. The van der Waals surface area contributed by atoms with Crippen LogP contribution in [0, 0.1) is 0 Å². The number of hydrogen-bond acceptors (Lipinski definition) is 6. The van der Waals surface area contributed by atoms with Crippen LogP contribution in [0.5, 0.6) is 0 Å². The Morgan fingerprint density at radius 3 is 2.73 bits per heavy atom. The van der Waals surface area contributed by atoms with Gasteiger partial charge in [-0.1, -0.05) is 32.9 Å². The van der Waals surface area contributed by atoms with Gasteiger partial charge in [0, 0.05) is 41.5 Å². The molecular formula is C24H26N4O5. The molecule has 1 unspecified atom stereocenters. The number of nitrogens with zero attached hydrogens (tertiary/aromatic N) is 2. The van der Waals surface area contributed by atoms with Crippen molar-refractivity contribution in [2.24, 2.45) is 0 Å². The van der Waals surface area contributed by atoms with E-state index >= 15 is 0 Å². The van der Waals surface area contributed by atoms with Gasteiger partial charge < -0.3 is 9.64 Å². The van der Waals surface area contributed by atoms with Crippen molar-refractivity contribution in [2.75, 3.05) is 5.32 Å². The lowest BCUT2D eigenvalue weighted by Gasteiger charge is -2.29. The van der Waals surface area contributed by atoms with Crippen molar-refractivity contribution >= 4 is 29.5 Å². The van der Waals surface area contributed by atoms with Crippen molar-refractivity contribution in [1.29, 1.82) is 0 Å². The van der Waals surface area contributed by atoms with Gasteiger partial charge in [-0.2, -0.15) is 0 Å². The van der Waals surface area contributed by atoms with E-state index in [9.17, 15) is 19.2 Å². The van der Waals surface area contributed by atoms with Gasteiger partial charge in [0.1, 0.15) is 12.6 Å². The molecule has 2 N–H and O–H groups in total. The highest BCUT2D eigenvalue weighted by Gasteiger charge is 2.39. The fraction of sp³-hybridized carbons (Fsp3) is 0.375. The molecule has 4 amide bonds. The molecule has 2 aliphatic heterocycles. The smallest absolute Gasteiger partial charge is 0.411 e. The topological polar surface area (TPSA) is 118 Å². The first-order chi connectivity index (χ1) is 15.6. The van der Waals surface area contributed by atoms with Crippen LogP contribution in [0.2, 0.25) is 0 Å². The second kappa shape index (κ2) is 8.65. The zero-order valence-corrected chi connectivity index (χ0v) is 18.8. The van der Waals surface area contributed by atoms with Crippen LogP contribution in [0.1, 0.15) is 60.8 Å². The van der Waals surface area contributed by atoms with Gasteiger partial charge in [-0.15, -0.1) is 0 Å². The summed E-state index contributed by atoms with van der Waals surface area (Å²) in [5, 5.41) is 4.99. The molecule has 1 fully saturated rings. The minimum Gasteiger partial charge on any atom is -0.444 e. The Kier molecular flexibility index (Phi) is 5.88. The molecule has 0 radical (unpaired) electrons. The Morgan fingerprint density at radius 2 is 2.00 bits per heavy atom.